The zero-order valence-corrected chi connectivity index (χ0v) is 23.9. The van der Waals surface area contributed by atoms with Crippen LogP contribution in [0.4, 0.5) is 35.0 Å². The fraction of sp³-hybridized carbons (Fsp3) is 0.593. The van der Waals surface area contributed by atoms with Gasteiger partial charge in [0.05, 0.1) is 43.2 Å². The smallest absolute Gasteiger partial charge is 0.280 e. The first-order chi connectivity index (χ1) is 19.5. The highest BCUT2D eigenvalue weighted by atomic mass is 19.3. The summed E-state index contributed by atoms with van der Waals surface area (Å²) in [5, 5.41) is 18.7. The van der Waals surface area contributed by atoms with Crippen LogP contribution in [0.1, 0.15) is 39.3 Å². The van der Waals surface area contributed by atoms with E-state index in [9.17, 15) is 8.78 Å². The third-order valence-corrected chi connectivity index (χ3v) is 6.86. The molecule has 2 saturated heterocycles. The van der Waals surface area contributed by atoms with E-state index < -0.39 is 18.4 Å². The van der Waals surface area contributed by atoms with E-state index in [0.29, 0.717) is 37.7 Å². The van der Waals surface area contributed by atoms with Gasteiger partial charge in [-0.1, -0.05) is 6.92 Å². The quantitative estimate of drug-likeness (QED) is 0.256. The molecule has 224 valence electrons. The summed E-state index contributed by atoms with van der Waals surface area (Å²) in [6, 6.07) is 4.73. The molecule has 0 aliphatic carbocycles. The third kappa shape index (κ3) is 7.28. The number of pyridine rings is 1. The molecule has 0 bridgehead atoms. The van der Waals surface area contributed by atoms with Crippen LogP contribution in [0.15, 0.2) is 34.6 Å². The number of hydrogen-bond acceptors (Lipinski definition) is 9. The van der Waals surface area contributed by atoms with Gasteiger partial charge in [0.1, 0.15) is 11.2 Å². The van der Waals surface area contributed by atoms with Gasteiger partial charge in [0, 0.05) is 37.8 Å². The van der Waals surface area contributed by atoms with Crippen molar-refractivity contribution in [3.05, 3.63) is 30.1 Å². The van der Waals surface area contributed by atoms with Gasteiger partial charge in [-0.25, -0.2) is 22.1 Å². The predicted octanol–water partition coefficient (Wildman–Crippen LogP) is 5.82. The minimum Gasteiger partial charge on any atom is -0.378 e. The van der Waals surface area contributed by atoms with Gasteiger partial charge >= 0.3 is 0 Å². The number of ether oxygens (including phenoxy) is 1. The molecule has 0 spiro atoms. The average Bonchev–Trinajstić information content (AvgIpc) is 3.30. The molecule has 10 nitrogen and oxygen atoms in total. The van der Waals surface area contributed by atoms with Gasteiger partial charge in [0.25, 0.3) is 5.92 Å². The van der Waals surface area contributed by atoms with Crippen molar-refractivity contribution in [1.82, 2.24) is 24.5 Å². The summed E-state index contributed by atoms with van der Waals surface area (Å²) >= 11 is 0. The Morgan fingerprint density at radius 2 is 1.90 bits per heavy atom. The molecule has 0 amide bonds. The largest absolute Gasteiger partial charge is 0.378 e. The third-order valence-electron chi connectivity index (χ3n) is 6.86. The van der Waals surface area contributed by atoms with E-state index in [2.05, 4.69) is 30.9 Å². The van der Waals surface area contributed by atoms with Crippen molar-refractivity contribution in [3.8, 4) is 11.3 Å². The molecule has 2 fully saturated rings. The second-order valence-electron chi connectivity index (χ2n) is 10.4. The van der Waals surface area contributed by atoms with Gasteiger partial charge < -0.3 is 15.4 Å². The van der Waals surface area contributed by atoms with Crippen molar-refractivity contribution < 1.29 is 22.3 Å². The summed E-state index contributed by atoms with van der Waals surface area (Å²) < 4.78 is 58.5. The van der Waals surface area contributed by atoms with E-state index >= 15 is 8.78 Å². The van der Waals surface area contributed by atoms with Crippen molar-refractivity contribution >= 4 is 23.0 Å². The lowest BCUT2D eigenvalue weighted by molar-refractivity contribution is -0.131. The molecule has 2 aliphatic rings. The molecular formula is C27H37F4N9O. The molecule has 5 heterocycles. The van der Waals surface area contributed by atoms with Gasteiger partial charge in [0.15, 0.2) is 5.82 Å². The number of aryl methyl sites for hydroxylation is 1. The maximum Gasteiger partial charge on any atom is 0.280 e. The van der Waals surface area contributed by atoms with Crippen LogP contribution in [0.25, 0.3) is 16.8 Å². The van der Waals surface area contributed by atoms with E-state index in [0.717, 1.165) is 22.5 Å². The number of likely N-dealkylation sites (tertiary alicyclic amines) is 1. The summed E-state index contributed by atoms with van der Waals surface area (Å²) in [5.41, 5.74) is 3.73. The van der Waals surface area contributed by atoms with Crippen molar-refractivity contribution in [1.29, 1.82) is 0 Å². The highest BCUT2D eigenvalue weighted by molar-refractivity contribution is 5.88. The number of azo groups is 1. The Hall–Kier alpha value is -3.39. The SMILES string of the molecule is CCC(F)F.CN=Nc1ccc(-c2ccn3nc(NC4CCN(C5COC5)CC4(F)F)nc(NC(C)C)c23)nc1C. The molecule has 14 heteroatoms. The van der Waals surface area contributed by atoms with Crippen LogP contribution < -0.4 is 10.6 Å². The Morgan fingerprint density at radius 1 is 1.17 bits per heavy atom. The van der Waals surface area contributed by atoms with Gasteiger partial charge in [0.2, 0.25) is 12.4 Å². The van der Waals surface area contributed by atoms with Crippen LogP contribution in [0, 0.1) is 6.92 Å². The van der Waals surface area contributed by atoms with Crippen molar-refractivity contribution in [3.63, 3.8) is 0 Å². The van der Waals surface area contributed by atoms with Gasteiger partial charge in [-0.05, 0) is 45.4 Å². The number of piperidine rings is 1. The molecule has 2 aliphatic heterocycles. The van der Waals surface area contributed by atoms with Crippen molar-refractivity contribution in [2.75, 3.05) is 44.0 Å². The van der Waals surface area contributed by atoms with Crippen LogP contribution in [0.2, 0.25) is 0 Å². The molecule has 0 radical (unpaired) electrons. The lowest BCUT2D eigenvalue weighted by Gasteiger charge is -2.44. The molecule has 5 rings (SSSR count). The Bertz CT molecular complexity index is 1340. The van der Waals surface area contributed by atoms with Gasteiger partial charge in [-0.15, -0.1) is 5.10 Å². The summed E-state index contributed by atoms with van der Waals surface area (Å²) in [6.07, 6.45) is -0.0637. The Labute approximate surface area is 236 Å². The maximum atomic E-state index is 15.1. The van der Waals surface area contributed by atoms with Gasteiger partial charge in [-0.2, -0.15) is 15.2 Å². The fourth-order valence-corrected chi connectivity index (χ4v) is 4.63. The Balaban J connectivity index is 0.000000714. The van der Waals surface area contributed by atoms with E-state index in [1.807, 2.05) is 43.9 Å². The number of nitrogens with zero attached hydrogens (tertiary/aromatic N) is 7. The molecule has 1 unspecified atom stereocenters. The van der Waals surface area contributed by atoms with E-state index in [1.54, 1.807) is 17.8 Å². The summed E-state index contributed by atoms with van der Waals surface area (Å²) in [4.78, 5) is 11.1. The minimum atomic E-state index is -2.92. The second kappa shape index (κ2) is 13.1. The zero-order chi connectivity index (χ0) is 29.7. The molecule has 3 aromatic rings. The molecule has 0 saturated carbocycles. The second-order valence-corrected chi connectivity index (χ2v) is 10.4. The summed E-state index contributed by atoms with van der Waals surface area (Å²) in [7, 11) is 1.62. The average molecular weight is 580 g/mol. The first-order valence-corrected chi connectivity index (χ1v) is 13.7. The zero-order valence-electron chi connectivity index (χ0n) is 23.9. The number of hydrogen-bond donors (Lipinski definition) is 2. The molecular weight excluding hydrogens is 542 g/mol. The molecule has 2 N–H and O–H groups in total. The molecule has 3 aromatic heterocycles. The normalized spacial score (nSPS) is 19.4. The van der Waals surface area contributed by atoms with Crippen molar-refractivity contribution in [2.24, 2.45) is 10.2 Å². The number of fused-ring (bicyclic) bond motifs is 1. The molecule has 0 aromatic carbocycles. The first-order valence-electron chi connectivity index (χ1n) is 13.7. The number of nitrogens with one attached hydrogen (secondary N) is 2. The van der Waals surface area contributed by atoms with E-state index in [-0.39, 0.29) is 31.0 Å². The van der Waals surface area contributed by atoms with E-state index in [4.69, 9.17) is 9.72 Å². The number of halogens is 4. The Kier molecular flexibility index (Phi) is 9.74. The van der Waals surface area contributed by atoms with Gasteiger partial charge in [-0.3, -0.25) is 9.88 Å². The highest BCUT2D eigenvalue weighted by Crippen LogP contribution is 2.34. The number of aromatic nitrogens is 4. The summed E-state index contributed by atoms with van der Waals surface area (Å²) in [5.74, 6) is -2.22. The van der Waals surface area contributed by atoms with E-state index in [1.165, 1.54) is 6.92 Å². The van der Waals surface area contributed by atoms with Crippen LogP contribution in [-0.4, -0.2) is 88.3 Å². The van der Waals surface area contributed by atoms with Crippen LogP contribution in [0.5, 0.6) is 0 Å². The minimum absolute atomic E-state index is 0.0278. The van der Waals surface area contributed by atoms with Crippen molar-refractivity contribution in [2.45, 2.75) is 71.0 Å². The fourth-order valence-electron chi connectivity index (χ4n) is 4.63. The number of alkyl halides is 4. The molecule has 41 heavy (non-hydrogen) atoms. The maximum absolute atomic E-state index is 15.1. The predicted molar refractivity (Wildman–Crippen MR) is 150 cm³/mol. The number of rotatable bonds is 8. The topological polar surface area (TPSA) is 104 Å². The van der Waals surface area contributed by atoms with Crippen LogP contribution >= 0.6 is 0 Å². The Morgan fingerprint density at radius 3 is 2.46 bits per heavy atom. The number of anilines is 2. The molecule has 1 atom stereocenters. The highest BCUT2D eigenvalue weighted by Gasteiger charge is 2.47. The monoisotopic (exact) mass is 579 g/mol. The summed E-state index contributed by atoms with van der Waals surface area (Å²) in [6.45, 7) is 8.63. The first kappa shape index (κ1) is 30.6. The lowest BCUT2D eigenvalue weighted by Crippen LogP contribution is -2.61. The van der Waals surface area contributed by atoms with Crippen LogP contribution in [0.3, 0.4) is 0 Å². The van der Waals surface area contributed by atoms with Crippen LogP contribution in [-0.2, 0) is 4.74 Å². The lowest BCUT2D eigenvalue weighted by atomic mass is 9.98. The standard InChI is InChI=1S/C24H31F2N9O.C3H6F2/c1-14(2)28-22-21-17(19-6-5-18(32-27-4)15(3)29-19)7-10-35(21)33-23(31-22)30-20-8-9-34(13-24(20,25)26)16-11-36-12-16;1-2-3(4)5/h5-7,10,14,16,20H,8-9,11-13H2,1-4H3,(H2,28,30,31,33);3H,2H2,1H3.